The van der Waals surface area contributed by atoms with Gasteiger partial charge >= 0.3 is 6.11 Å². The third-order valence-corrected chi connectivity index (χ3v) is 4.83. The first-order chi connectivity index (χ1) is 11.5. The molecule has 0 bridgehead atoms. The van der Waals surface area contributed by atoms with Gasteiger partial charge in [0.25, 0.3) is 0 Å². The van der Waals surface area contributed by atoms with Crippen molar-refractivity contribution >= 4 is 0 Å². The molecular weight excluding hydrogens is 313 g/mol. The van der Waals surface area contributed by atoms with Crippen molar-refractivity contribution < 1.29 is 17.9 Å². The smallest absolute Gasteiger partial charge is 0.316 e. The van der Waals surface area contributed by atoms with E-state index in [0.717, 1.165) is 38.5 Å². The van der Waals surface area contributed by atoms with E-state index < -0.39 is 6.11 Å². The van der Waals surface area contributed by atoms with Crippen LogP contribution in [0.4, 0.5) is 13.2 Å². The summed E-state index contributed by atoms with van der Waals surface area (Å²) in [5, 5.41) is 0. The van der Waals surface area contributed by atoms with Crippen LogP contribution in [-0.4, -0.2) is 6.11 Å². The Labute approximate surface area is 142 Å². The molecule has 4 heteroatoms. The first kappa shape index (κ1) is 19.0. The number of ether oxygens (including phenoxy) is 1. The van der Waals surface area contributed by atoms with Gasteiger partial charge in [-0.1, -0.05) is 37.1 Å². The zero-order chi connectivity index (χ0) is 17.4. The number of allylic oxidation sites excluding steroid dienone is 2. The maximum atomic E-state index is 14.0. The minimum atomic E-state index is -3.11. The van der Waals surface area contributed by atoms with Gasteiger partial charge in [-0.2, -0.15) is 8.78 Å². The molecule has 0 unspecified atom stereocenters. The van der Waals surface area contributed by atoms with Gasteiger partial charge in [0.15, 0.2) is 0 Å². The Morgan fingerprint density at radius 1 is 1.08 bits per heavy atom. The van der Waals surface area contributed by atoms with Crippen molar-refractivity contribution in [1.82, 2.24) is 0 Å². The van der Waals surface area contributed by atoms with Gasteiger partial charge in [0.2, 0.25) is 0 Å². The summed E-state index contributed by atoms with van der Waals surface area (Å²) < 4.78 is 45.6. The van der Waals surface area contributed by atoms with Gasteiger partial charge in [-0.3, -0.25) is 0 Å². The molecule has 0 heterocycles. The fourth-order valence-electron chi connectivity index (χ4n) is 3.39. The largest absolute Gasteiger partial charge is 0.356 e. The fourth-order valence-corrected chi connectivity index (χ4v) is 3.39. The number of rotatable bonds is 8. The van der Waals surface area contributed by atoms with Crippen molar-refractivity contribution in [1.29, 1.82) is 0 Å². The Kier molecular flexibility index (Phi) is 7.35. The van der Waals surface area contributed by atoms with E-state index in [1.807, 2.05) is 6.92 Å². The lowest BCUT2D eigenvalue weighted by Gasteiger charge is -2.30. The Bertz CT molecular complexity index is 502. The molecule has 1 aliphatic carbocycles. The maximum absolute atomic E-state index is 14.0. The lowest BCUT2D eigenvalue weighted by molar-refractivity contribution is -0.256. The quantitative estimate of drug-likeness (QED) is 0.492. The molecule has 0 radical (unpaired) electrons. The lowest BCUT2D eigenvalue weighted by atomic mass is 9.78. The van der Waals surface area contributed by atoms with Crippen molar-refractivity contribution in [2.75, 3.05) is 0 Å². The Balaban J connectivity index is 1.71. The topological polar surface area (TPSA) is 9.23 Å². The SMILES string of the molecule is CC=CCC[C@H]1CC[C@H](CC(F)(F)OCc2ccc(F)cc2)CC1. The second kappa shape index (κ2) is 9.26. The molecule has 134 valence electrons. The van der Waals surface area contributed by atoms with E-state index in [-0.39, 0.29) is 24.8 Å². The number of alkyl halides is 2. The predicted octanol–water partition coefficient (Wildman–Crippen LogP) is 6.49. The van der Waals surface area contributed by atoms with Crippen LogP contribution in [-0.2, 0) is 11.3 Å². The molecule has 1 aromatic carbocycles. The minimum absolute atomic E-state index is 0.0335. The van der Waals surface area contributed by atoms with Crippen molar-refractivity contribution in [2.24, 2.45) is 11.8 Å². The Hall–Kier alpha value is -1.29. The summed E-state index contributed by atoms with van der Waals surface area (Å²) in [5.41, 5.74) is 0.559. The highest BCUT2D eigenvalue weighted by Gasteiger charge is 2.35. The van der Waals surface area contributed by atoms with Gasteiger partial charge in [0.1, 0.15) is 5.82 Å². The summed E-state index contributed by atoms with van der Waals surface area (Å²) in [6, 6.07) is 5.46. The molecule has 0 aromatic heterocycles. The molecule has 1 aliphatic rings. The number of hydrogen-bond donors (Lipinski definition) is 0. The van der Waals surface area contributed by atoms with E-state index in [2.05, 4.69) is 12.2 Å². The van der Waals surface area contributed by atoms with Gasteiger partial charge in [-0.05, 0) is 62.1 Å². The molecular formula is C20H27F3O. The molecule has 0 amide bonds. The average molecular weight is 340 g/mol. The Morgan fingerprint density at radius 2 is 1.71 bits per heavy atom. The van der Waals surface area contributed by atoms with Gasteiger partial charge in [0.05, 0.1) is 6.61 Å². The molecule has 0 atom stereocenters. The zero-order valence-corrected chi connectivity index (χ0v) is 14.3. The highest BCUT2D eigenvalue weighted by Crippen LogP contribution is 2.38. The minimum Gasteiger partial charge on any atom is -0.316 e. The number of halogens is 3. The molecule has 0 spiro atoms. The first-order valence-corrected chi connectivity index (χ1v) is 8.86. The first-order valence-electron chi connectivity index (χ1n) is 8.86. The van der Waals surface area contributed by atoms with Crippen LogP contribution in [0.3, 0.4) is 0 Å². The second-order valence-electron chi connectivity index (χ2n) is 6.79. The van der Waals surface area contributed by atoms with Crippen LogP contribution < -0.4 is 0 Å². The molecule has 24 heavy (non-hydrogen) atoms. The highest BCUT2D eigenvalue weighted by molar-refractivity contribution is 5.15. The summed E-state index contributed by atoms with van der Waals surface area (Å²) in [5.74, 6) is 0.328. The van der Waals surface area contributed by atoms with Gasteiger partial charge in [-0.15, -0.1) is 0 Å². The van der Waals surface area contributed by atoms with E-state index in [4.69, 9.17) is 4.74 Å². The van der Waals surface area contributed by atoms with Crippen molar-refractivity contribution in [3.63, 3.8) is 0 Å². The monoisotopic (exact) mass is 340 g/mol. The van der Waals surface area contributed by atoms with Crippen LogP contribution in [0.15, 0.2) is 36.4 Å². The number of hydrogen-bond acceptors (Lipinski definition) is 1. The summed E-state index contributed by atoms with van der Waals surface area (Å²) in [4.78, 5) is 0. The van der Waals surface area contributed by atoms with E-state index in [0.29, 0.717) is 11.5 Å². The molecule has 1 fully saturated rings. The van der Waals surface area contributed by atoms with E-state index in [1.165, 1.54) is 24.3 Å². The normalized spacial score (nSPS) is 22.2. The van der Waals surface area contributed by atoms with E-state index in [1.54, 1.807) is 0 Å². The van der Waals surface area contributed by atoms with Crippen LogP contribution in [0, 0.1) is 17.7 Å². The van der Waals surface area contributed by atoms with Crippen LogP contribution in [0.5, 0.6) is 0 Å². The second-order valence-corrected chi connectivity index (χ2v) is 6.79. The van der Waals surface area contributed by atoms with Gasteiger partial charge < -0.3 is 4.74 Å². The molecule has 1 saturated carbocycles. The third-order valence-electron chi connectivity index (χ3n) is 4.83. The number of benzene rings is 1. The average Bonchev–Trinajstić information content (AvgIpc) is 2.56. The predicted molar refractivity (Wildman–Crippen MR) is 90.2 cm³/mol. The lowest BCUT2D eigenvalue weighted by Crippen LogP contribution is -2.27. The van der Waals surface area contributed by atoms with Crippen molar-refractivity contribution in [2.45, 2.75) is 64.6 Å². The van der Waals surface area contributed by atoms with Crippen LogP contribution >= 0.6 is 0 Å². The molecule has 0 saturated heterocycles. The summed E-state index contributed by atoms with van der Waals surface area (Å²) in [7, 11) is 0. The van der Waals surface area contributed by atoms with Crippen LogP contribution in [0.2, 0.25) is 0 Å². The summed E-state index contributed by atoms with van der Waals surface area (Å²) in [6.45, 7) is 1.83. The molecule has 0 aliphatic heterocycles. The van der Waals surface area contributed by atoms with Crippen LogP contribution in [0.25, 0.3) is 0 Å². The molecule has 2 rings (SSSR count). The van der Waals surface area contributed by atoms with Gasteiger partial charge in [-0.25, -0.2) is 4.39 Å². The summed E-state index contributed by atoms with van der Waals surface area (Å²) >= 11 is 0. The molecule has 0 N–H and O–H groups in total. The van der Waals surface area contributed by atoms with E-state index >= 15 is 0 Å². The van der Waals surface area contributed by atoms with Gasteiger partial charge in [0, 0.05) is 6.42 Å². The van der Waals surface area contributed by atoms with Crippen molar-refractivity contribution in [3.05, 3.63) is 47.8 Å². The molecule has 1 nitrogen and oxygen atoms in total. The van der Waals surface area contributed by atoms with Crippen molar-refractivity contribution in [3.8, 4) is 0 Å². The zero-order valence-electron chi connectivity index (χ0n) is 14.3. The van der Waals surface area contributed by atoms with E-state index in [9.17, 15) is 13.2 Å². The van der Waals surface area contributed by atoms with Crippen LogP contribution in [0.1, 0.15) is 57.4 Å². The third kappa shape index (κ3) is 6.68. The summed E-state index contributed by atoms with van der Waals surface area (Å²) in [6.07, 6.45) is 6.94. The standard InChI is InChI=1S/C20H27F3O/c1-2-3-4-5-16-6-8-17(9-7-16)14-20(22,23)24-15-18-10-12-19(21)13-11-18/h2-3,10-13,16-17H,4-9,14-15H2,1H3/t16-,17-. The fraction of sp³-hybridized carbons (Fsp3) is 0.600. The molecule has 1 aromatic rings. The maximum Gasteiger partial charge on any atom is 0.356 e. The highest BCUT2D eigenvalue weighted by atomic mass is 19.3. The Morgan fingerprint density at radius 3 is 2.33 bits per heavy atom.